The number of rotatable bonds is 12. The van der Waals surface area contributed by atoms with E-state index >= 15 is 0 Å². The first-order chi connectivity index (χ1) is 18.7. The van der Waals surface area contributed by atoms with Gasteiger partial charge < -0.3 is 14.6 Å². The highest BCUT2D eigenvalue weighted by atomic mass is 28.4. The zero-order valence-corrected chi connectivity index (χ0v) is 28.7. The van der Waals surface area contributed by atoms with Crippen LogP contribution in [0.5, 0.6) is 0 Å². The first kappa shape index (κ1) is 33.8. The Morgan fingerprint density at radius 2 is 1.70 bits per heavy atom. The fourth-order valence-electron chi connectivity index (χ4n) is 8.88. The van der Waals surface area contributed by atoms with E-state index in [0.717, 1.165) is 44.1 Å². The molecule has 3 nitrogen and oxygen atoms in total. The molecule has 0 aromatic carbocycles. The lowest BCUT2D eigenvalue weighted by Crippen LogP contribution is -2.56. The molecule has 0 aromatic rings. The smallest absolute Gasteiger partial charge is 0.192 e. The average Bonchev–Trinajstić information content (AvgIpc) is 3.29. The standard InChI is InChI=1S/C36H64O3Si/c1-11-29-19-17-26(5)30(24-29)25-33(37)36(38)23-15-22-35(10)31(20-21-32(35)36)27(6)16-18-28(7)34(8,9)39-40(12-2,13-3)14-4/h16,18,25,27-29,31-33,37-38H,5,11-15,17,19-24H2,1-4,6-10H3/t27-,28+,29+,31-,32-,33?,35-,36?/m1/s1. The minimum Gasteiger partial charge on any atom is -0.411 e. The Labute approximate surface area is 249 Å². The largest absolute Gasteiger partial charge is 0.411 e. The first-order valence-electron chi connectivity index (χ1n) is 16.9. The van der Waals surface area contributed by atoms with E-state index in [1.54, 1.807) is 0 Å². The molecule has 0 saturated heterocycles. The summed E-state index contributed by atoms with van der Waals surface area (Å²) >= 11 is 0. The quantitative estimate of drug-likeness (QED) is 0.181. The van der Waals surface area contributed by atoms with Crippen LogP contribution in [0.3, 0.4) is 0 Å². The van der Waals surface area contributed by atoms with E-state index in [0.29, 0.717) is 30.1 Å². The van der Waals surface area contributed by atoms with Crippen molar-refractivity contribution in [2.45, 2.75) is 156 Å². The van der Waals surface area contributed by atoms with Crippen LogP contribution in [0.1, 0.15) is 120 Å². The fourth-order valence-corrected chi connectivity index (χ4v) is 12.1. The second kappa shape index (κ2) is 13.3. The first-order valence-corrected chi connectivity index (χ1v) is 19.4. The van der Waals surface area contributed by atoms with Crippen molar-refractivity contribution in [3.05, 3.63) is 36.0 Å². The lowest BCUT2D eigenvalue weighted by Gasteiger charge is -2.52. The van der Waals surface area contributed by atoms with Gasteiger partial charge in [-0.1, -0.05) is 79.2 Å². The monoisotopic (exact) mass is 572 g/mol. The van der Waals surface area contributed by atoms with Crippen LogP contribution >= 0.6 is 0 Å². The van der Waals surface area contributed by atoms with E-state index in [4.69, 9.17) is 4.43 Å². The lowest BCUT2D eigenvalue weighted by atomic mass is 9.56. The molecular formula is C36H64O3Si. The van der Waals surface area contributed by atoms with Gasteiger partial charge in [-0.3, -0.25) is 0 Å². The molecule has 0 aliphatic heterocycles. The van der Waals surface area contributed by atoms with Crippen molar-refractivity contribution in [1.82, 2.24) is 0 Å². The zero-order chi connectivity index (χ0) is 29.9. The second-order valence-corrected chi connectivity index (χ2v) is 19.5. The van der Waals surface area contributed by atoms with Gasteiger partial charge in [-0.2, -0.15) is 0 Å². The van der Waals surface area contributed by atoms with E-state index in [9.17, 15) is 10.2 Å². The van der Waals surface area contributed by atoms with Crippen LogP contribution in [-0.4, -0.2) is 35.8 Å². The van der Waals surface area contributed by atoms with Crippen LogP contribution in [0, 0.1) is 35.0 Å². The summed E-state index contributed by atoms with van der Waals surface area (Å²) in [4.78, 5) is 0. The van der Waals surface area contributed by atoms with Gasteiger partial charge >= 0.3 is 0 Å². The van der Waals surface area contributed by atoms with Gasteiger partial charge in [0, 0.05) is 5.92 Å². The zero-order valence-electron chi connectivity index (χ0n) is 27.7. The molecule has 3 fully saturated rings. The Bertz CT molecular complexity index is 909. The fraction of sp³-hybridized carbons (Fsp3) is 0.833. The number of hydrogen-bond acceptors (Lipinski definition) is 3. The summed E-state index contributed by atoms with van der Waals surface area (Å²) in [5, 5.41) is 23.7. The summed E-state index contributed by atoms with van der Waals surface area (Å²) in [7, 11) is -1.68. The molecule has 4 heteroatoms. The molecule has 230 valence electrons. The number of hydrogen-bond donors (Lipinski definition) is 2. The van der Waals surface area contributed by atoms with Crippen molar-refractivity contribution in [3.8, 4) is 0 Å². The molecule has 3 saturated carbocycles. The lowest BCUT2D eigenvalue weighted by molar-refractivity contribution is -0.155. The maximum Gasteiger partial charge on any atom is 0.192 e. The minimum absolute atomic E-state index is 0.0374. The van der Waals surface area contributed by atoms with E-state index in [1.807, 2.05) is 6.08 Å². The molecular weight excluding hydrogens is 508 g/mol. The SMILES string of the molecule is C=C1CC[C@H](CC)CC1=CC(O)C1(O)CCC[C@]2(C)[C@@H]([C@H](C)C=C[C@H](C)C(C)(C)O[Si](CC)(CC)CC)CC[C@@H]12. The van der Waals surface area contributed by atoms with Gasteiger partial charge in [0.05, 0.1) is 11.2 Å². The van der Waals surface area contributed by atoms with Crippen LogP contribution in [0.15, 0.2) is 36.0 Å². The number of aliphatic hydroxyl groups is 2. The third kappa shape index (κ3) is 6.76. The van der Waals surface area contributed by atoms with Gasteiger partial charge in [-0.15, -0.1) is 0 Å². The number of aliphatic hydroxyl groups excluding tert-OH is 1. The highest BCUT2D eigenvalue weighted by Gasteiger charge is 2.59. The summed E-state index contributed by atoms with van der Waals surface area (Å²) in [5.41, 5.74) is 1.17. The molecule has 3 aliphatic carbocycles. The molecule has 0 radical (unpaired) electrons. The van der Waals surface area contributed by atoms with Gasteiger partial charge in [0.1, 0.15) is 6.10 Å². The Kier molecular flexibility index (Phi) is 11.3. The summed E-state index contributed by atoms with van der Waals surface area (Å²) < 4.78 is 6.95. The minimum atomic E-state index is -1.68. The van der Waals surface area contributed by atoms with Crippen molar-refractivity contribution >= 4 is 8.32 Å². The van der Waals surface area contributed by atoms with Crippen LogP contribution < -0.4 is 0 Å². The molecule has 0 bridgehead atoms. The van der Waals surface area contributed by atoms with Crippen molar-refractivity contribution < 1.29 is 14.6 Å². The third-order valence-electron chi connectivity index (χ3n) is 12.4. The summed E-state index contributed by atoms with van der Waals surface area (Å²) in [6.45, 7) is 25.2. The van der Waals surface area contributed by atoms with Crippen LogP contribution in [0.2, 0.25) is 18.1 Å². The van der Waals surface area contributed by atoms with Gasteiger partial charge in [0.2, 0.25) is 0 Å². The molecule has 3 rings (SSSR count). The summed E-state index contributed by atoms with van der Waals surface area (Å²) in [6.07, 6.45) is 15.3. The van der Waals surface area contributed by atoms with Crippen molar-refractivity contribution in [2.24, 2.45) is 35.0 Å². The molecule has 40 heavy (non-hydrogen) atoms. The maximum absolute atomic E-state index is 12.2. The van der Waals surface area contributed by atoms with E-state index in [-0.39, 0.29) is 16.9 Å². The molecule has 3 aliphatic rings. The Morgan fingerprint density at radius 1 is 1.05 bits per heavy atom. The molecule has 2 unspecified atom stereocenters. The van der Waals surface area contributed by atoms with Gasteiger partial charge in [-0.25, -0.2) is 0 Å². The number of fused-ring (bicyclic) bond motifs is 1. The van der Waals surface area contributed by atoms with E-state index < -0.39 is 20.0 Å². The Balaban J connectivity index is 1.75. The van der Waals surface area contributed by atoms with Crippen molar-refractivity contribution in [2.75, 3.05) is 0 Å². The van der Waals surface area contributed by atoms with E-state index in [2.05, 4.69) is 81.0 Å². The van der Waals surface area contributed by atoms with Crippen LogP contribution in [0.25, 0.3) is 0 Å². The van der Waals surface area contributed by atoms with Crippen LogP contribution in [0.4, 0.5) is 0 Å². The maximum atomic E-state index is 12.2. The van der Waals surface area contributed by atoms with Gasteiger partial charge in [0.15, 0.2) is 8.32 Å². The molecule has 0 heterocycles. The highest BCUT2D eigenvalue weighted by Crippen LogP contribution is 2.61. The van der Waals surface area contributed by atoms with Gasteiger partial charge in [0.25, 0.3) is 0 Å². The molecule has 0 spiro atoms. The predicted octanol–water partition coefficient (Wildman–Crippen LogP) is 9.62. The van der Waals surface area contributed by atoms with Crippen LogP contribution in [-0.2, 0) is 4.43 Å². The third-order valence-corrected chi connectivity index (χ3v) is 17.2. The molecule has 0 amide bonds. The molecule has 0 aromatic heterocycles. The topological polar surface area (TPSA) is 49.7 Å². The Hall–Kier alpha value is -0.683. The second-order valence-electron chi connectivity index (χ2n) is 14.8. The van der Waals surface area contributed by atoms with Gasteiger partial charge in [-0.05, 0) is 124 Å². The highest BCUT2D eigenvalue weighted by molar-refractivity contribution is 6.73. The molecule has 8 atom stereocenters. The number of allylic oxidation sites excluding steroid dienone is 3. The molecule has 2 N–H and O–H groups in total. The Morgan fingerprint density at radius 3 is 2.30 bits per heavy atom. The predicted molar refractivity (Wildman–Crippen MR) is 174 cm³/mol. The van der Waals surface area contributed by atoms with Crippen molar-refractivity contribution in [3.63, 3.8) is 0 Å². The summed E-state index contributed by atoms with van der Waals surface area (Å²) in [5.74, 6) is 2.08. The average molecular weight is 573 g/mol. The summed E-state index contributed by atoms with van der Waals surface area (Å²) in [6, 6.07) is 3.53. The van der Waals surface area contributed by atoms with E-state index in [1.165, 1.54) is 36.5 Å². The normalized spacial score (nSPS) is 35.2. The van der Waals surface area contributed by atoms with Crippen molar-refractivity contribution in [1.29, 1.82) is 0 Å².